The highest BCUT2D eigenvalue weighted by molar-refractivity contribution is 5.88. The number of rotatable bonds is 5. The highest BCUT2D eigenvalue weighted by atomic mass is 19.1. The Morgan fingerprint density at radius 1 is 1.33 bits per heavy atom. The lowest BCUT2D eigenvalue weighted by atomic mass is 9.83. The smallest absolute Gasteiger partial charge is 0.243 e. The molecule has 0 bridgehead atoms. The van der Waals surface area contributed by atoms with Gasteiger partial charge >= 0.3 is 0 Å². The average Bonchev–Trinajstić information content (AvgIpc) is 3.40. The van der Waals surface area contributed by atoms with Gasteiger partial charge in [0, 0.05) is 36.9 Å². The number of hydrogen-bond donors (Lipinski definition) is 3. The summed E-state index contributed by atoms with van der Waals surface area (Å²) >= 11 is 0. The maximum Gasteiger partial charge on any atom is 0.243 e. The monoisotopic (exact) mass is 375 g/mol. The second-order valence-corrected chi connectivity index (χ2v) is 8.39. The SMILES string of the molecule is COC1CCNC(C(NC(=O)C2Cc3c(F)ccc(C)c3N2)C2CC2)C1C. The van der Waals surface area contributed by atoms with Gasteiger partial charge in [-0.1, -0.05) is 13.0 Å². The van der Waals surface area contributed by atoms with Gasteiger partial charge in [0.1, 0.15) is 11.9 Å². The molecule has 1 saturated heterocycles. The molecule has 1 aromatic carbocycles. The van der Waals surface area contributed by atoms with E-state index in [1.165, 1.54) is 6.07 Å². The molecule has 6 heteroatoms. The van der Waals surface area contributed by atoms with Gasteiger partial charge in [-0.15, -0.1) is 0 Å². The molecule has 148 valence electrons. The lowest BCUT2D eigenvalue weighted by molar-refractivity contribution is -0.123. The molecule has 1 aromatic rings. The Morgan fingerprint density at radius 3 is 2.78 bits per heavy atom. The van der Waals surface area contributed by atoms with Gasteiger partial charge in [0.25, 0.3) is 0 Å². The van der Waals surface area contributed by atoms with E-state index in [4.69, 9.17) is 4.74 Å². The Labute approximate surface area is 160 Å². The minimum absolute atomic E-state index is 0.0320. The van der Waals surface area contributed by atoms with Gasteiger partial charge in [-0.25, -0.2) is 4.39 Å². The van der Waals surface area contributed by atoms with Crippen LogP contribution in [0.25, 0.3) is 0 Å². The predicted octanol–water partition coefficient (Wildman–Crippen LogP) is 2.38. The summed E-state index contributed by atoms with van der Waals surface area (Å²) in [5, 5.41) is 10.2. The van der Waals surface area contributed by atoms with E-state index in [2.05, 4.69) is 22.9 Å². The lowest BCUT2D eigenvalue weighted by Crippen LogP contribution is -2.61. The highest BCUT2D eigenvalue weighted by Gasteiger charge is 2.44. The van der Waals surface area contributed by atoms with Gasteiger partial charge in [0.2, 0.25) is 5.91 Å². The molecule has 1 aliphatic carbocycles. The fourth-order valence-corrected chi connectivity index (χ4v) is 4.81. The summed E-state index contributed by atoms with van der Waals surface area (Å²) in [4.78, 5) is 13.0. The Kier molecular flexibility index (Phi) is 5.12. The topological polar surface area (TPSA) is 62.4 Å². The third-order valence-electron chi connectivity index (χ3n) is 6.60. The van der Waals surface area contributed by atoms with Crippen LogP contribution in [-0.2, 0) is 16.0 Å². The second-order valence-electron chi connectivity index (χ2n) is 8.39. The number of fused-ring (bicyclic) bond motifs is 1. The first kappa shape index (κ1) is 18.7. The van der Waals surface area contributed by atoms with E-state index >= 15 is 0 Å². The molecule has 5 atom stereocenters. The number of benzene rings is 1. The molecule has 1 saturated carbocycles. The number of piperidine rings is 1. The van der Waals surface area contributed by atoms with E-state index in [9.17, 15) is 9.18 Å². The van der Waals surface area contributed by atoms with Gasteiger partial charge in [0.05, 0.1) is 6.10 Å². The zero-order valence-corrected chi connectivity index (χ0v) is 16.3. The second kappa shape index (κ2) is 7.40. The Morgan fingerprint density at radius 2 is 2.11 bits per heavy atom. The molecular formula is C21H30FN3O2. The maximum atomic E-state index is 14.1. The zero-order valence-electron chi connectivity index (χ0n) is 16.3. The molecule has 3 N–H and O–H groups in total. The number of halogens is 1. The van der Waals surface area contributed by atoms with Crippen LogP contribution in [0.1, 0.15) is 37.3 Å². The number of carbonyl (C=O) groups excluding carboxylic acids is 1. The van der Waals surface area contributed by atoms with Crippen LogP contribution < -0.4 is 16.0 Å². The molecule has 3 aliphatic rings. The fourth-order valence-electron chi connectivity index (χ4n) is 4.81. The summed E-state index contributed by atoms with van der Waals surface area (Å²) in [7, 11) is 1.77. The number of methoxy groups -OCH3 is 1. The number of carbonyl (C=O) groups is 1. The van der Waals surface area contributed by atoms with Crippen molar-refractivity contribution in [3.8, 4) is 0 Å². The van der Waals surface area contributed by atoms with Crippen molar-refractivity contribution < 1.29 is 13.9 Å². The van der Waals surface area contributed by atoms with Gasteiger partial charge in [0.15, 0.2) is 0 Å². The lowest BCUT2D eigenvalue weighted by Gasteiger charge is -2.41. The van der Waals surface area contributed by atoms with Crippen LogP contribution in [0, 0.1) is 24.6 Å². The van der Waals surface area contributed by atoms with Crippen molar-refractivity contribution in [2.75, 3.05) is 19.0 Å². The van der Waals surface area contributed by atoms with Crippen molar-refractivity contribution in [3.05, 3.63) is 29.1 Å². The van der Waals surface area contributed by atoms with Crippen LogP contribution in [0.4, 0.5) is 10.1 Å². The Bertz CT molecular complexity index is 691. The van der Waals surface area contributed by atoms with Gasteiger partial charge in [-0.2, -0.15) is 0 Å². The largest absolute Gasteiger partial charge is 0.381 e. The van der Waals surface area contributed by atoms with E-state index in [1.54, 1.807) is 13.2 Å². The molecule has 5 nitrogen and oxygen atoms in total. The van der Waals surface area contributed by atoms with E-state index in [0.29, 0.717) is 23.8 Å². The van der Waals surface area contributed by atoms with Crippen molar-refractivity contribution >= 4 is 11.6 Å². The molecule has 1 amide bonds. The number of hydrogen-bond acceptors (Lipinski definition) is 4. The third-order valence-corrected chi connectivity index (χ3v) is 6.60. The molecule has 2 heterocycles. The Balaban J connectivity index is 1.46. The molecule has 0 spiro atoms. The van der Waals surface area contributed by atoms with Crippen LogP contribution in [0.15, 0.2) is 12.1 Å². The summed E-state index contributed by atoms with van der Waals surface area (Å²) in [5.41, 5.74) is 2.38. The first-order valence-corrected chi connectivity index (χ1v) is 10.1. The summed E-state index contributed by atoms with van der Waals surface area (Å²) in [6, 6.07) is 3.15. The first-order chi connectivity index (χ1) is 13.0. The molecule has 5 unspecified atom stereocenters. The number of amides is 1. The summed E-state index contributed by atoms with van der Waals surface area (Å²) in [6.45, 7) is 5.05. The zero-order chi connectivity index (χ0) is 19.1. The minimum atomic E-state index is -0.408. The summed E-state index contributed by atoms with van der Waals surface area (Å²) < 4.78 is 19.8. The highest BCUT2D eigenvalue weighted by Crippen LogP contribution is 2.38. The van der Waals surface area contributed by atoms with Crippen LogP contribution in [0.5, 0.6) is 0 Å². The number of nitrogens with one attached hydrogen (secondary N) is 3. The van der Waals surface area contributed by atoms with Crippen LogP contribution >= 0.6 is 0 Å². The maximum absolute atomic E-state index is 14.1. The van der Waals surface area contributed by atoms with Gasteiger partial charge in [-0.05, 0) is 56.2 Å². The molecule has 0 aromatic heterocycles. The van der Waals surface area contributed by atoms with E-state index < -0.39 is 6.04 Å². The number of aryl methyl sites for hydroxylation is 1. The number of anilines is 1. The summed E-state index contributed by atoms with van der Waals surface area (Å²) in [5.74, 6) is 0.591. The third kappa shape index (κ3) is 3.57. The average molecular weight is 375 g/mol. The Hall–Kier alpha value is -1.66. The van der Waals surface area contributed by atoms with E-state index in [1.807, 2.05) is 6.92 Å². The molecule has 27 heavy (non-hydrogen) atoms. The van der Waals surface area contributed by atoms with Gasteiger partial charge in [-0.3, -0.25) is 4.79 Å². The predicted molar refractivity (Wildman–Crippen MR) is 103 cm³/mol. The standard InChI is InChI=1S/C21H30FN3O2/c1-11-4-7-15(22)14-10-16(24-18(11)14)21(26)25-20(13-5-6-13)19-12(2)17(27-3)8-9-23-19/h4,7,12-13,16-17,19-20,23-24H,5-6,8-10H2,1-3H3,(H,25,26). The molecule has 0 radical (unpaired) electrons. The van der Waals surface area contributed by atoms with Crippen molar-refractivity contribution in [2.45, 2.75) is 63.8 Å². The quantitative estimate of drug-likeness (QED) is 0.740. The molecule has 2 fully saturated rings. The molecule has 2 aliphatic heterocycles. The van der Waals surface area contributed by atoms with Crippen LogP contribution in [0.2, 0.25) is 0 Å². The van der Waals surface area contributed by atoms with Gasteiger partial charge < -0.3 is 20.7 Å². The minimum Gasteiger partial charge on any atom is -0.381 e. The van der Waals surface area contributed by atoms with E-state index in [0.717, 1.165) is 37.1 Å². The van der Waals surface area contributed by atoms with Crippen LogP contribution in [0.3, 0.4) is 0 Å². The van der Waals surface area contributed by atoms with Crippen LogP contribution in [-0.4, -0.2) is 43.8 Å². The fraction of sp³-hybridized carbons (Fsp3) is 0.667. The first-order valence-electron chi connectivity index (χ1n) is 10.1. The van der Waals surface area contributed by atoms with Crippen molar-refractivity contribution in [3.63, 3.8) is 0 Å². The number of ether oxygens (including phenoxy) is 1. The van der Waals surface area contributed by atoms with Crippen molar-refractivity contribution in [1.82, 2.24) is 10.6 Å². The normalized spacial score (nSPS) is 31.1. The summed E-state index contributed by atoms with van der Waals surface area (Å²) in [6.07, 6.45) is 3.93. The van der Waals surface area contributed by atoms with E-state index in [-0.39, 0.29) is 29.9 Å². The molecular weight excluding hydrogens is 345 g/mol. The van der Waals surface area contributed by atoms with Crippen molar-refractivity contribution in [1.29, 1.82) is 0 Å². The van der Waals surface area contributed by atoms with Crippen molar-refractivity contribution in [2.24, 2.45) is 11.8 Å². The molecule has 4 rings (SSSR count).